The molecule has 2 aromatic rings. The molecule has 19 heavy (non-hydrogen) atoms. The molecule has 1 fully saturated rings. The average molecular weight is 255 g/mol. The van der Waals surface area contributed by atoms with E-state index in [-0.39, 0.29) is 0 Å². The molecule has 1 saturated heterocycles. The summed E-state index contributed by atoms with van der Waals surface area (Å²) in [6, 6.07) is 10.4. The second-order valence-corrected chi connectivity index (χ2v) is 4.71. The van der Waals surface area contributed by atoms with Gasteiger partial charge in [-0.1, -0.05) is 6.07 Å². The topological polar surface area (TPSA) is 53.9 Å². The second-order valence-electron chi connectivity index (χ2n) is 4.71. The number of aromatic nitrogens is 3. The minimum Gasteiger partial charge on any atom is -0.354 e. The maximum atomic E-state index is 4.31. The highest BCUT2D eigenvalue weighted by atomic mass is 15.3. The van der Waals surface area contributed by atoms with Gasteiger partial charge >= 0.3 is 0 Å². The van der Waals surface area contributed by atoms with Crippen molar-refractivity contribution in [3.63, 3.8) is 0 Å². The smallest absolute Gasteiger partial charge is 0.151 e. The fourth-order valence-electron chi connectivity index (χ4n) is 2.35. The van der Waals surface area contributed by atoms with E-state index in [2.05, 4.69) is 25.4 Å². The predicted molar refractivity (Wildman–Crippen MR) is 74.9 cm³/mol. The minimum atomic E-state index is 0.553. The number of pyridine rings is 1. The fourth-order valence-corrected chi connectivity index (χ4v) is 2.35. The molecule has 0 bridgehead atoms. The Morgan fingerprint density at radius 2 is 2.11 bits per heavy atom. The Labute approximate surface area is 112 Å². The Hall–Kier alpha value is -2.01. The normalized spacial score (nSPS) is 18.8. The van der Waals surface area contributed by atoms with Crippen LogP contribution >= 0.6 is 0 Å². The first kappa shape index (κ1) is 12.0. The number of hydrogen-bond donors (Lipinski definition) is 1. The first-order valence-electron chi connectivity index (χ1n) is 6.54. The van der Waals surface area contributed by atoms with E-state index in [0.717, 1.165) is 36.7 Å². The van der Waals surface area contributed by atoms with Crippen molar-refractivity contribution >= 4 is 5.82 Å². The van der Waals surface area contributed by atoms with Crippen LogP contribution in [0.1, 0.15) is 6.42 Å². The van der Waals surface area contributed by atoms with Crippen LogP contribution in [0.2, 0.25) is 0 Å². The molecule has 1 unspecified atom stereocenters. The third kappa shape index (κ3) is 2.56. The third-order valence-electron chi connectivity index (χ3n) is 3.50. The quantitative estimate of drug-likeness (QED) is 0.897. The summed E-state index contributed by atoms with van der Waals surface area (Å²) in [6.07, 6.45) is 2.92. The lowest BCUT2D eigenvalue weighted by Crippen LogP contribution is -2.29. The number of likely N-dealkylation sites (N-methyl/N-ethyl adjacent to an activating group) is 1. The van der Waals surface area contributed by atoms with Gasteiger partial charge in [-0.05, 0) is 37.7 Å². The van der Waals surface area contributed by atoms with Gasteiger partial charge in [-0.25, -0.2) is 0 Å². The highest BCUT2D eigenvalue weighted by Crippen LogP contribution is 2.19. The van der Waals surface area contributed by atoms with Gasteiger partial charge in [-0.15, -0.1) is 10.2 Å². The molecule has 5 heteroatoms. The molecule has 1 atom stereocenters. The summed E-state index contributed by atoms with van der Waals surface area (Å²) in [7, 11) is 2.00. The monoisotopic (exact) mass is 255 g/mol. The average Bonchev–Trinajstić information content (AvgIpc) is 2.97. The van der Waals surface area contributed by atoms with Crippen LogP contribution in [0.3, 0.4) is 0 Å². The molecule has 2 aromatic heterocycles. The molecule has 0 aromatic carbocycles. The minimum absolute atomic E-state index is 0.553. The summed E-state index contributed by atoms with van der Waals surface area (Å²) < 4.78 is 0. The molecule has 1 N–H and O–H groups in total. The number of anilines is 1. The third-order valence-corrected chi connectivity index (χ3v) is 3.50. The molecular formula is C14H17N5. The Balaban J connectivity index is 1.76. The largest absolute Gasteiger partial charge is 0.354 e. The van der Waals surface area contributed by atoms with Crippen molar-refractivity contribution in [3.05, 3.63) is 36.5 Å². The molecule has 0 radical (unpaired) electrons. The van der Waals surface area contributed by atoms with Crippen molar-refractivity contribution in [3.8, 4) is 11.4 Å². The highest BCUT2D eigenvalue weighted by Gasteiger charge is 2.22. The molecule has 0 spiro atoms. The number of rotatable bonds is 3. The number of hydrogen-bond acceptors (Lipinski definition) is 5. The van der Waals surface area contributed by atoms with Gasteiger partial charge in [0.2, 0.25) is 0 Å². The summed E-state index contributed by atoms with van der Waals surface area (Å²) in [5.41, 5.74) is 1.67. The maximum absolute atomic E-state index is 4.31. The van der Waals surface area contributed by atoms with Crippen LogP contribution < -0.4 is 10.2 Å². The molecule has 0 aliphatic carbocycles. The van der Waals surface area contributed by atoms with Crippen LogP contribution in [0.25, 0.3) is 11.4 Å². The van der Waals surface area contributed by atoms with Crippen LogP contribution in [0.5, 0.6) is 0 Å². The van der Waals surface area contributed by atoms with Crippen LogP contribution in [0.4, 0.5) is 5.82 Å². The van der Waals surface area contributed by atoms with Crippen LogP contribution in [0, 0.1) is 0 Å². The molecule has 3 rings (SSSR count). The first-order valence-corrected chi connectivity index (χ1v) is 6.54. The lowest BCUT2D eigenvalue weighted by atomic mass is 10.2. The SMILES string of the molecule is CNC1CCN(c2ccc(-c3ccccn3)nn2)C1. The van der Waals surface area contributed by atoms with Gasteiger partial charge in [0.15, 0.2) is 5.82 Å². The predicted octanol–water partition coefficient (Wildman–Crippen LogP) is 1.34. The lowest BCUT2D eigenvalue weighted by Gasteiger charge is -2.16. The summed E-state index contributed by atoms with van der Waals surface area (Å²) in [5, 5.41) is 11.9. The van der Waals surface area contributed by atoms with Gasteiger partial charge in [0.1, 0.15) is 5.69 Å². The summed E-state index contributed by atoms with van der Waals surface area (Å²) in [5.74, 6) is 0.942. The highest BCUT2D eigenvalue weighted by molar-refractivity contribution is 5.55. The molecule has 0 amide bonds. The van der Waals surface area contributed by atoms with Gasteiger partial charge in [0, 0.05) is 25.3 Å². The Kier molecular flexibility index (Phi) is 3.37. The maximum Gasteiger partial charge on any atom is 0.151 e. The zero-order valence-electron chi connectivity index (χ0n) is 11.0. The Morgan fingerprint density at radius 1 is 1.16 bits per heavy atom. The summed E-state index contributed by atoms with van der Waals surface area (Å²) in [6.45, 7) is 2.03. The summed E-state index contributed by atoms with van der Waals surface area (Å²) in [4.78, 5) is 6.54. The van der Waals surface area contributed by atoms with Crippen LogP contribution in [-0.2, 0) is 0 Å². The zero-order valence-corrected chi connectivity index (χ0v) is 11.0. The van der Waals surface area contributed by atoms with Crippen LogP contribution in [0.15, 0.2) is 36.5 Å². The standard InChI is InChI=1S/C14H17N5/c1-15-11-7-9-19(10-11)14-6-5-13(17-18-14)12-4-2-3-8-16-12/h2-6,8,11,15H,7,9-10H2,1H3. The van der Waals surface area contributed by atoms with Gasteiger partial charge in [0.05, 0.1) is 5.69 Å². The Morgan fingerprint density at radius 3 is 2.74 bits per heavy atom. The number of nitrogens with one attached hydrogen (secondary N) is 1. The van der Waals surface area contributed by atoms with Crippen molar-refractivity contribution in [1.29, 1.82) is 0 Å². The number of nitrogens with zero attached hydrogens (tertiary/aromatic N) is 4. The molecule has 1 aliphatic heterocycles. The first-order chi connectivity index (χ1) is 9.36. The van der Waals surface area contributed by atoms with Crippen molar-refractivity contribution in [2.45, 2.75) is 12.5 Å². The van der Waals surface area contributed by atoms with E-state index in [1.807, 2.05) is 37.4 Å². The van der Waals surface area contributed by atoms with E-state index in [1.165, 1.54) is 0 Å². The summed E-state index contributed by atoms with van der Waals surface area (Å²) >= 11 is 0. The second kappa shape index (κ2) is 5.32. The lowest BCUT2D eigenvalue weighted by molar-refractivity contribution is 0.616. The van der Waals surface area contributed by atoms with Crippen molar-refractivity contribution in [1.82, 2.24) is 20.5 Å². The molecule has 5 nitrogen and oxygen atoms in total. The van der Waals surface area contributed by atoms with E-state index in [9.17, 15) is 0 Å². The molecule has 0 saturated carbocycles. The molecule has 98 valence electrons. The van der Waals surface area contributed by atoms with E-state index >= 15 is 0 Å². The van der Waals surface area contributed by atoms with Crippen molar-refractivity contribution < 1.29 is 0 Å². The van der Waals surface area contributed by atoms with Crippen molar-refractivity contribution in [2.75, 3.05) is 25.0 Å². The van der Waals surface area contributed by atoms with Gasteiger partial charge in [-0.3, -0.25) is 4.98 Å². The van der Waals surface area contributed by atoms with Gasteiger partial charge < -0.3 is 10.2 Å². The van der Waals surface area contributed by atoms with E-state index in [1.54, 1.807) is 6.20 Å². The Bertz CT molecular complexity index is 525. The van der Waals surface area contributed by atoms with E-state index in [0.29, 0.717) is 6.04 Å². The van der Waals surface area contributed by atoms with Crippen molar-refractivity contribution in [2.24, 2.45) is 0 Å². The fraction of sp³-hybridized carbons (Fsp3) is 0.357. The molecular weight excluding hydrogens is 238 g/mol. The molecule has 1 aliphatic rings. The van der Waals surface area contributed by atoms with Crippen LogP contribution in [-0.4, -0.2) is 41.4 Å². The van der Waals surface area contributed by atoms with Gasteiger partial charge in [-0.2, -0.15) is 0 Å². The van der Waals surface area contributed by atoms with E-state index in [4.69, 9.17) is 0 Å². The van der Waals surface area contributed by atoms with E-state index < -0.39 is 0 Å². The van der Waals surface area contributed by atoms with Gasteiger partial charge in [0.25, 0.3) is 0 Å². The zero-order chi connectivity index (χ0) is 13.1. The molecule has 3 heterocycles.